The molecule has 0 heterocycles. The van der Waals surface area contributed by atoms with Crippen LogP contribution in [0.1, 0.15) is 24.2 Å². The molecule has 0 saturated carbocycles. The Balaban J connectivity index is 2.22. The van der Waals surface area contributed by atoms with E-state index >= 15 is 0 Å². The first-order valence-corrected chi connectivity index (χ1v) is 6.24. The molecule has 0 fully saturated rings. The van der Waals surface area contributed by atoms with Crippen molar-refractivity contribution in [1.82, 2.24) is 0 Å². The molecule has 2 rings (SSSR count). The van der Waals surface area contributed by atoms with E-state index in [0.29, 0.717) is 11.5 Å². The zero-order valence-corrected chi connectivity index (χ0v) is 11.2. The van der Waals surface area contributed by atoms with Gasteiger partial charge in [0, 0.05) is 0 Å². The van der Waals surface area contributed by atoms with Crippen molar-refractivity contribution in [2.75, 3.05) is 7.11 Å². The molecule has 0 bridgehead atoms. The second kappa shape index (κ2) is 6.25. The molecule has 1 N–H and O–H groups in total. The molecule has 1 unspecified atom stereocenters. The Morgan fingerprint density at radius 1 is 1.05 bits per heavy atom. The molecule has 1 atom stereocenters. The molecule has 0 aliphatic heterocycles. The van der Waals surface area contributed by atoms with Crippen LogP contribution in [0, 0.1) is 0 Å². The van der Waals surface area contributed by atoms with Crippen LogP contribution in [0.2, 0.25) is 0 Å². The van der Waals surface area contributed by atoms with E-state index in [4.69, 9.17) is 9.47 Å². The molecular formula is C16H18O3. The van der Waals surface area contributed by atoms with Crippen LogP contribution in [-0.4, -0.2) is 12.2 Å². The molecule has 2 aromatic rings. The van der Waals surface area contributed by atoms with Gasteiger partial charge in [0.2, 0.25) is 0 Å². The zero-order chi connectivity index (χ0) is 13.7. The van der Waals surface area contributed by atoms with E-state index in [1.165, 1.54) is 0 Å². The maximum absolute atomic E-state index is 9.18. The first kappa shape index (κ1) is 13.4. The van der Waals surface area contributed by atoms with Crippen molar-refractivity contribution < 1.29 is 14.6 Å². The topological polar surface area (TPSA) is 38.7 Å². The van der Waals surface area contributed by atoms with Crippen LogP contribution in [0.4, 0.5) is 0 Å². The average molecular weight is 258 g/mol. The van der Waals surface area contributed by atoms with Gasteiger partial charge in [0.1, 0.15) is 6.10 Å². The summed E-state index contributed by atoms with van der Waals surface area (Å²) in [6.45, 7) is 1.97. The third-order valence-electron chi connectivity index (χ3n) is 2.98. The molecule has 0 spiro atoms. The third kappa shape index (κ3) is 3.26. The fourth-order valence-electron chi connectivity index (χ4n) is 1.89. The quantitative estimate of drug-likeness (QED) is 0.894. The van der Waals surface area contributed by atoms with Crippen molar-refractivity contribution in [1.29, 1.82) is 0 Å². The van der Waals surface area contributed by atoms with E-state index < -0.39 is 0 Å². The van der Waals surface area contributed by atoms with E-state index in [9.17, 15) is 5.11 Å². The van der Waals surface area contributed by atoms with Gasteiger partial charge in [-0.25, -0.2) is 0 Å². The lowest BCUT2D eigenvalue weighted by molar-refractivity contribution is 0.214. The highest BCUT2D eigenvalue weighted by atomic mass is 16.5. The minimum absolute atomic E-state index is 0.0138. The summed E-state index contributed by atoms with van der Waals surface area (Å²) < 4.78 is 11.2. The molecule has 0 aromatic heterocycles. The Kier molecular flexibility index (Phi) is 4.42. The normalized spacial score (nSPS) is 11.9. The van der Waals surface area contributed by atoms with E-state index in [2.05, 4.69) is 0 Å². The van der Waals surface area contributed by atoms with Gasteiger partial charge in [-0.1, -0.05) is 36.4 Å². The van der Waals surface area contributed by atoms with Crippen LogP contribution in [0.15, 0.2) is 48.5 Å². The standard InChI is InChI=1S/C16H18O3/c1-12(14-6-4-3-5-7-14)19-16-10-13(11-17)8-9-15(16)18-2/h3-10,12,17H,11H2,1-2H3. The van der Waals surface area contributed by atoms with Crippen LogP contribution < -0.4 is 9.47 Å². The monoisotopic (exact) mass is 258 g/mol. The highest BCUT2D eigenvalue weighted by molar-refractivity contribution is 5.43. The number of rotatable bonds is 5. The second-order valence-corrected chi connectivity index (χ2v) is 4.31. The molecule has 3 heteroatoms. The minimum Gasteiger partial charge on any atom is -0.493 e. The number of aliphatic hydroxyl groups is 1. The number of aliphatic hydroxyl groups excluding tert-OH is 1. The average Bonchev–Trinajstić information content (AvgIpc) is 2.48. The molecule has 19 heavy (non-hydrogen) atoms. The van der Waals surface area contributed by atoms with Crippen molar-refractivity contribution in [3.05, 3.63) is 59.7 Å². The molecule has 3 nitrogen and oxygen atoms in total. The lowest BCUT2D eigenvalue weighted by Gasteiger charge is -2.17. The molecule has 0 aliphatic carbocycles. The van der Waals surface area contributed by atoms with Gasteiger partial charge in [0.25, 0.3) is 0 Å². The molecule has 0 radical (unpaired) electrons. The number of hydrogen-bond acceptors (Lipinski definition) is 3. The second-order valence-electron chi connectivity index (χ2n) is 4.31. The van der Waals surface area contributed by atoms with E-state index in [1.807, 2.05) is 43.3 Å². The van der Waals surface area contributed by atoms with Crippen molar-refractivity contribution >= 4 is 0 Å². The third-order valence-corrected chi connectivity index (χ3v) is 2.98. The van der Waals surface area contributed by atoms with Crippen molar-refractivity contribution in [2.45, 2.75) is 19.6 Å². The molecule has 0 aliphatic rings. The Labute approximate surface area is 113 Å². The first-order chi connectivity index (χ1) is 9.24. The first-order valence-electron chi connectivity index (χ1n) is 6.24. The maximum atomic E-state index is 9.18. The van der Waals surface area contributed by atoms with E-state index in [-0.39, 0.29) is 12.7 Å². The van der Waals surface area contributed by atoms with Gasteiger partial charge in [-0.15, -0.1) is 0 Å². The molecule has 0 saturated heterocycles. The lowest BCUT2D eigenvalue weighted by Crippen LogP contribution is -2.04. The number of ether oxygens (including phenoxy) is 2. The summed E-state index contributed by atoms with van der Waals surface area (Å²) >= 11 is 0. The molecule has 0 amide bonds. The lowest BCUT2D eigenvalue weighted by atomic mass is 10.1. The smallest absolute Gasteiger partial charge is 0.162 e. The predicted octanol–water partition coefficient (Wildman–Crippen LogP) is 3.33. The Morgan fingerprint density at radius 3 is 2.42 bits per heavy atom. The number of hydrogen-bond donors (Lipinski definition) is 1. The Morgan fingerprint density at radius 2 is 1.79 bits per heavy atom. The predicted molar refractivity (Wildman–Crippen MR) is 74.4 cm³/mol. The van der Waals surface area contributed by atoms with Gasteiger partial charge in [0.15, 0.2) is 11.5 Å². The Bertz CT molecular complexity index is 523. The van der Waals surface area contributed by atoms with Gasteiger partial charge in [-0.05, 0) is 30.2 Å². The van der Waals surface area contributed by atoms with Gasteiger partial charge in [-0.2, -0.15) is 0 Å². The highest BCUT2D eigenvalue weighted by Crippen LogP contribution is 2.32. The van der Waals surface area contributed by atoms with E-state index in [0.717, 1.165) is 11.1 Å². The maximum Gasteiger partial charge on any atom is 0.162 e. The van der Waals surface area contributed by atoms with Crippen molar-refractivity contribution in [3.8, 4) is 11.5 Å². The summed E-state index contributed by atoms with van der Waals surface area (Å²) in [4.78, 5) is 0. The minimum atomic E-state index is -0.0796. The molecule has 2 aromatic carbocycles. The van der Waals surface area contributed by atoms with Crippen LogP contribution in [0.3, 0.4) is 0 Å². The summed E-state index contributed by atoms with van der Waals surface area (Å²) in [6, 6.07) is 15.4. The van der Waals surface area contributed by atoms with Gasteiger partial charge < -0.3 is 14.6 Å². The van der Waals surface area contributed by atoms with Crippen molar-refractivity contribution in [3.63, 3.8) is 0 Å². The highest BCUT2D eigenvalue weighted by Gasteiger charge is 2.11. The van der Waals surface area contributed by atoms with Gasteiger partial charge in [-0.3, -0.25) is 0 Å². The van der Waals surface area contributed by atoms with Crippen LogP contribution >= 0.6 is 0 Å². The number of benzene rings is 2. The van der Waals surface area contributed by atoms with Crippen LogP contribution in [-0.2, 0) is 6.61 Å². The Hall–Kier alpha value is -2.00. The van der Waals surface area contributed by atoms with Crippen LogP contribution in [0.5, 0.6) is 11.5 Å². The van der Waals surface area contributed by atoms with Crippen LogP contribution in [0.25, 0.3) is 0 Å². The number of methoxy groups -OCH3 is 1. The summed E-state index contributed by atoms with van der Waals surface area (Å²) in [5.41, 5.74) is 1.90. The zero-order valence-electron chi connectivity index (χ0n) is 11.2. The van der Waals surface area contributed by atoms with Gasteiger partial charge >= 0.3 is 0 Å². The summed E-state index contributed by atoms with van der Waals surface area (Å²) in [5.74, 6) is 1.31. The summed E-state index contributed by atoms with van der Waals surface area (Å²) in [5, 5.41) is 9.18. The fraction of sp³-hybridized carbons (Fsp3) is 0.250. The molecule has 100 valence electrons. The summed E-state index contributed by atoms with van der Waals surface area (Å²) in [6.07, 6.45) is -0.0796. The van der Waals surface area contributed by atoms with E-state index in [1.54, 1.807) is 19.2 Å². The molecular weight excluding hydrogens is 240 g/mol. The largest absolute Gasteiger partial charge is 0.493 e. The summed E-state index contributed by atoms with van der Waals surface area (Å²) in [7, 11) is 1.61. The fourth-order valence-corrected chi connectivity index (χ4v) is 1.89. The van der Waals surface area contributed by atoms with Gasteiger partial charge in [0.05, 0.1) is 13.7 Å². The van der Waals surface area contributed by atoms with Crippen molar-refractivity contribution in [2.24, 2.45) is 0 Å². The SMILES string of the molecule is COc1ccc(CO)cc1OC(C)c1ccccc1.